The summed E-state index contributed by atoms with van der Waals surface area (Å²) >= 11 is 0. The number of hydrogen-bond acceptors (Lipinski definition) is 5. The van der Waals surface area contributed by atoms with Gasteiger partial charge in [-0.1, -0.05) is 37.3 Å². The van der Waals surface area contributed by atoms with Crippen LogP contribution in [0.25, 0.3) is 0 Å². The monoisotopic (exact) mass is 382 g/mol. The van der Waals surface area contributed by atoms with E-state index >= 15 is 0 Å². The molecule has 0 aliphatic carbocycles. The highest BCUT2D eigenvalue weighted by molar-refractivity contribution is 5.95. The van der Waals surface area contributed by atoms with Gasteiger partial charge in [-0.15, -0.1) is 0 Å². The lowest BCUT2D eigenvalue weighted by molar-refractivity contribution is -0.191. The number of methoxy groups -OCH3 is 1. The molecule has 1 N–H and O–H groups in total. The molecule has 3 rings (SSSR count). The van der Waals surface area contributed by atoms with Crippen molar-refractivity contribution < 1.29 is 23.9 Å². The second kappa shape index (κ2) is 10.0. The van der Waals surface area contributed by atoms with Gasteiger partial charge in [-0.2, -0.15) is 9.59 Å². The van der Waals surface area contributed by atoms with E-state index in [0.29, 0.717) is 12.0 Å². The number of amides is 2. The highest BCUT2D eigenvalue weighted by Gasteiger charge is 2.40. The number of hydrogen-bond donors (Lipinski definition) is 1. The maximum absolute atomic E-state index is 12.5. The normalized spacial score (nSPS) is 17.9. The molecule has 7 heteroatoms. The number of rotatable bonds is 5. The molecule has 2 aromatic carbocycles. The Kier molecular flexibility index (Phi) is 7.48. The zero-order valence-electron chi connectivity index (χ0n) is 15.8. The Hall–Kier alpha value is -3.44. The number of carbonyl (C=O) groups is 2. The van der Waals surface area contributed by atoms with E-state index in [2.05, 4.69) is 5.43 Å². The Bertz CT molecular complexity index is 830. The highest BCUT2D eigenvalue weighted by atomic mass is 16.5. The van der Waals surface area contributed by atoms with Gasteiger partial charge in [-0.25, -0.2) is 0 Å². The van der Waals surface area contributed by atoms with E-state index in [1.54, 1.807) is 31.4 Å². The first-order chi connectivity index (χ1) is 13.5. The van der Waals surface area contributed by atoms with Gasteiger partial charge in [0.1, 0.15) is 5.75 Å². The first kappa shape index (κ1) is 20.9. The van der Waals surface area contributed by atoms with Gasteiger partial charge < -0.3 is 4.74 Å². The average Bonchev–Trinajstić information content (AvgIpc) is 3.04. The van der Waals surface area contributed by atoms with Crippen molar-refractivity contribution >= 4 is 18.0 Å². The van der Waals surface area contributed by atoms with E-state index in [1.807, 2.05) is 37.3 Å². The van der Waals surface area contributed by atoms with Gasteiger partial charge in [0.15, 0.2) is 0 Å². The fraction of sp³-hybridized carbons (Fsp3) is 0.286. The summed E-state index contributed by atoms with van der Waals surface area (Å²) in [6.07, 6.45) is 1.40. The average molecular weight is 382 g/mol. The topological polar surface area (TPSA) is 92.8 Å². The molecule has 1 saturated heterocycles. The van der Waals surface area contributed by atoms with E-state index in [0.717, 1.165) is 17.7 Å². The first-order valence-corrected chi connectivity index (χ1v) is 8.87. The summed E-state index contributed by atoms with van der Waals surface area (Å²) in [5.41, 5.74) is 4.41. The molecule has 2 atom stereocenters. The van der Waals surface area contributed by atoms with Gasteiger partial charge in [0, 0.05) is 17.9 Å². The van der Waals surface area contributed by atoms with Gasteiger partial charge in [0.25, 0.3) is 5.91 Å². The predicted octanol–water partition coefficient (Wildman–Crippen LogP) is 2.55. The number of benzene rings is 2. The summed E-state index contributed by atoms with van der Waals surface area (Å²) in [6, 6.07) is 16.6. The van der Waals surface area contributed by atoms with Gasteiger partial charge in [0.2, 0.25) is 5.91 Å². The van der Waals surface area contributed by atoms with E-state index < -0.39 is 0 Å². The van der Waals surface area contributed by atoms with Crippen LogP contribution in [0, 0.1) is 0 Å². The number of nitrogens with one attached hydrogen (secondary N) is 1. The lowest BCUT2D eigenvalue weighted by Crippen LogP contribution is -2.48. The predicted molar refractivity (Wildman–Crippen MR) is 100 cm³/mol. The summed E-state index contributed by atoms with van der Waals surface area (Å²) in [7, 11) is 1.63. The Balaban J connectivity index is 0.000000878. The Morgan fingerprint density at radius 1 is 1.14 bits per heavy atom. The quantitative estimate of drug-likeness (QED) is 0.858. The molecule has 1 aliphatic rings. The Morgan fingerprint density at radius 2 is 1.75 bits per heavy atom. The van der Waals surface area contributed by atoms with Crippen LogP contribution >= 0.6 is 0 Å². The van der Waals surface area contributed by atoms with Crippen molar-refractivity contribution in [3.63, 3.8) is 0 Å². The van der Waals surface area contributed by atoms with Crippen molar-refractivity contribution in [3.05, 3.63) is 65.7 Å². The molecule has 0 radical (unpaired) electrons. The number of hydrazine groups is 1. The molecule has 7 nitrogen and oxygen atoms in total. The largest absolute Gasteiger partial charge is 0.497 e. The molecule has 1 fully saturated rings. The van der Waals surface area contributed by atoms with Gasteiger partial charge in [-0.05, 0) is 36.2 Å². The third-order valence-corrected chi connectivity index (χ3v) is 4.68. The number of nitrogens with zero attached hydrogens (tertiary/aromatic N) is 1. The second-order valence-electron chi connectivity index (χ2n) is 6.21. The molecule has 0 saturated carbocycles. The minimum absolute atomic E-state index is 0.0551. The summed E-state index contributed by atoms with van der Waals surface area (Å²) in [5, 5.41) is 1.50. The van der Waals surface area contributed by atoms with Crippen LogP contribution < -0.4 is 10.2 Å². The Morgan fingerprint density at radius 3 is 2.29 bits per heavy atom. The van der Waals surface area contributed by atoms with Crippen LogP contribution in [0.5, 0.6) is 5.75 Å². The van der Waals surface area contributed by atoms with Crippen molar-refractivity contribution in [2.45, 2.75) is 31.7 Å². The van der Waals surface area contributed by atoms with Crippen LogP contribution in [0.4, 0.5) is 0 Å². The number of carbonyl (C=O) groups excluding carboxylic acids is 4. The zero-order valence-corrected chi connectivity index (χ0v) is 15.8. The standard InChI is InChI=1S/C20H22N2O3.CO2/c1-3-18-17(14-9-11-16(25-2)12-10-14)13-19(23)22(18)21-20(24)15-7-5-4-6-8-15;2-1-3/h4-12,17-18H,3,13H2,1-2H3,(H,21,24);/t17-,18-;/m0./s1. The van der Waals surface area contributed by atoms with Crippen molar-refractivity contribution in [3.8, 4) is 5.75 Å². The molecule has 0 bridgehead atoms. The molecule has 0 unspecified atom stereocenters. The highest BCUT2D eigenvalue weighted by Crippen LogP contribution is 2.35. The lowest BCUT2D eigenvalue weighted by Gasteiger charge is -2.27. The van der Waals surface area contributed by atoms with Crippen molar-refractivity contribution in [2.24, 2.45) is 0 Å². The van der Waals surface area contributed by atoms with Crippen molar-refractivity contribution in [2.75, 3.05) is 7.11 Å². The molecule has 0 aromatic heterocycles. The lowest BCUT2D eigenvalue weighted by atomic mass is 9.90. The fourth-order valence-corrected chi connectivity index (χ4v) is 3.35. The first-order valence-electron chi connectivity index (χ1n) is 8.87. The number of ether oxygens (including phenoxy) is 1. The van der Waals surface area contributed by atoms with Crippen LogP contribution in [-0.4, -0.2) is 36.1 Å². The van der Waals surface area contributed by atoms with Gasteiger partial charge in [0.05, 0.1) is 13.2 Å². The summed E-state index contributed by atoms with van der Waals surface area (Å²) < 4.78 is 5.19. The molecule has 1 aliphatic heterocycles. The molecule has 0 spiro atoms. The van der Waals surface area contributed by atoms with Crippen molar-refractivity contribution in [1.82, 2.24) is 10.4 Å². The molecular formula is C21H22N2O5. The van der Waals surface area contributed by atoms with E-state index in [9.17, 15) is 9.59 Å². The summed E-state index contributed by atoms with van der Waals surface area (Å²) in [5.74, 6) is 0.523. The maximum atomic E-state index is 12.5. The third kappa shape index (κ3) is 4.84. The summed E-state index contributed by atoms with van der Waals surface area (Å²) in [6.45, 7) is 2.03. The van der Waals surface area contributed by atoms with Crippen molar-refractivity contribution in [1.29, 1.82) is 0 Å². The SMILES string of the molecule is CC[C@H]1[C@H](c2ccc(OC)cc2)CC(=O)N1NC(=O)c1ccccc1.O=C=O. The van der Waals surface area contributed by atoms with Crippen LogP contribution in [-0.2, 0) is 14.4 Å². The second-order valence-corrected chi connectivity index (χ2v) is 6.21. The zero-order chi connectivity index (χ0) is 20.5. The maximum Gasteiger partial charge on any atom is 0.373 e. The van der Waals surface area contributed by atoms with Crippen LogP contribution in [0.3, 0.4) is 0 Å². The van der Waals surface area contributed by atoms with Gasteiger partial charge >= 0.3 is 6.15 Å². The molecule has 1 heterocycles. The summed E-state index contributed by atoms with van der Waals surface area (Å²) in [4.78, 5) is 41.2. The van der Waals surface area contributed by atoms with E-state index in [1.165, 1.54) is 5.01 Å². The molecule has 2 amide bonds. The minimum Gasteiger partial charge on any atom is -0.497 e. The molecular weight excluding hydrogens is 360 g/mol. The van der Waals surface area contributed by atoms with Crippen LogP contribution in [0.2, 0.25) is 0 Å². The minimum atomic E-state index is -0.261. The van der Waals surface area contributed by atoms with Crippen LogP contribution in [0.1, 0.15) is 41.6 Å². The van der Waals surface area contributed by atoms with E-state index in [-0.39, 0.29) is 29.9 Å². The molecule has 146 valence electrons. The molecule has 2 aromatic rings. The van der Waals surface area contributed by atoms with Gasteiger partial charge in [-0.3, -0.25) is 20.0 Å². The smallest absolute Gasteiger partial charge is 0.373 e. The fourth-order valence-electron chi connectivity index (χ4n) is 3.35. The van der Waals surface area contributed by atoms with Crippen LogP contribution in [0.15, 0.2) is 54.6 Å². The Labute approximate surface area is 163 Å². The molecule has 28 heavy (non-hydrogen) atoms. The third-order valence-electron chi connectivity index (χ3n) is 4.68. The van der Waals surface area contributed by atoms with E-state index in [4.69, 9.17) is 14.3 Å².